The number of nitrogens with zero attached hydrogens (tertiary/aromatic N) is 1. The summed E-state index contributed by atoms with van der Waals surface area (Å²) < 4.78 is 0. The number of nitrogens with one attached hydrogen (secondary N) is 2. The smallest absolute Gasteiger partial charge is 0.290 e. The second-order valence-electron chi connectivity index (χ2n) is 4.48. The van der Waals surface area contributed by atoms with Gasteiger partial charge in [0.15, 0.2) is 5.82 Å². The average molecular weight is 249 g/mol. The Bertz CT molecular complexity index is 531. The van der Waals surface area contributed by atoms with Gasteiger partial charge in [0, 0.05) is 29.2 Å². The summed E-state index contributed by atoms with van der Waals surface area (Å²) in [5.74, 6) is 0.372. The van der Waals surface area contributed by atoms with Gasteiger partial charge in [-0.2, -0.15) is 0 Å². The van der Waals surface area contributed by atoms with Gasteiger partial charge in [0.05, 0.1) is 0 Å². The molecule has 0 unspecified atom stereocenters. The van der Waals surface area contributed by atoms with Crippen LogP contribution in [-0.2, 0) is 5.41 Å². The minimum absolute atomic E-state index is 0.0157. The van der Waals surface area contributed by atoms with Crippen LogP contribution >= 0.6 is 11.3 Å². The molecule has 90 valence electrons. The molecule has 0 spiro atoms. The Hall–Kier alpha value is -1.62. The number of thiophene rings is 1. The highest BCUT2D eigenvalue weighted by atomic mass is 32.1. The molecule has 2 rings (SSSR count). The fourth-order valence-corrected chi connectivity index (χ4v) is 2.39. The van der Waals surface area contributed by atoms with Crippen LogP contribution in [0.3, 0.4) is 0 Å². The van der Waals surface area contributed by atoms with E-state index in [2.05, 4.69) is 40.6 Å². The van der Waals surface area contributed by atoms with Crippen LogP contribution in [0.25, 0.3) is 0 Å². The zero-order valence-corrected chi connectivity index (χ0v) is 10.7. The number of H-pyrrole nitrogens is 1. The number of hydrogen-bond acceptors (Lipinski definition) is 4. The predicted octanol–water partition coefficient (Wildman–Crippen LogP) is 2.22. The number of rotatable bonds is 4. The largest absolute Gasteiger partial charge is 0.365 e. The molecular weight excluding hydrogens is 234 g/mol. The van der Waals surface area contributed by atoms with Crippen molar-refractivity contribution in [2.45, 2.75) is 19.3 Å². The summed E-state index contributed by atoms with van der Waals surface area (Å²) >= 11 is 1.72. The summed E-state index contributed by atoms with van der Waals surface area (Å²) in [4.78, 5) is 19.3. The van der Waals surface area contributed by atoms with Gasteiger partial charge in [-0.15, -0.1) is 11.3 Å². The summed E-state index contributed by atoms with van der Waals surface area (Å²) in [5.41, 5.74) is -0.201. The first-order valence-corrected chi connectivity index (χ1v) is 6.29. The van der Waals surface area contributed by atoms with Gasteiger partial charge in [0.1, 0.15) is 0 Å². The minimum Gasteiger partial charge on any atom is -0.365 e. The molecule has 2 aromatic rings. The Morgan fingerprint density at radius 2 is 2.35 bits per heavy atom. The fraction of sp³-hybridized carbons (Fsp3) is 0.333. The Morgan fingerprint density at radius 1 is 1.53 bits per heavy atom. The molecule has 2 heterocycles. The molecule has 0 fully saturated rings. The van der Waals surface area contributed by atoms with Crippen LogP contribution in [0.2, 0.25) is 0 Å². The molecule has 0 saturated heterocycles. The van der Waals surface area contributed by atoms with Crippen LogP contribution in [-0.4, -0.2) is 16.5 Å². The second kappa shape index (κ2) is 4.71. The molecule has 17 heavy (non-hydrogen) atoms. The molecule has 0 aliphatic rings. The van der Waals surface area contributed by atoms with Gasteiger partial charge >= 0.3 is 0 Å². The summed E-state index contributed by atoms with van der Waals surface area (Å²) in [5, 5.41) is 5.15. The third kappa shape index (κ3) is 2.74. The van der Waals surface area contributed by atoms with Gasteiger partial charge < -0.3 is 10.3 Å². The Balaban J connectivity index is 2.08. The van der Waals surface area contributed by atoms with E-state index in [1.165, 1.54) is 11.1 Å². The molecule has 0 aromatic carbocycles. The van der Waals surface area contributed by atoms with Crippen molar-refractivity contribution in [3.63, 3.8) is 0 Å². The van der Waals surface area contributed by atoms with Crippen LogP contribution in [0.15, 0.2) is 34.7 Å². The lowest BCUT2D eigenvalue weighted by Gasteiger charge is -2.23. The van der Waals surface area contributed by atoms with Crippen LogP contribution < -0.4 is 10.9 Å². The molecule has 4 nitrogen and oxygen atoms in total. The molecule has 5 heteroatoms. The zero-order chi connectivity index (χ0) is 12.3. The monoisotopic (exact) mass is 249 g/mol. The van der Waals surface area contributed by atoms with E-state index < -0.39 is 0 Å². The quantitative estimate of drug-likeness (QED) is 0.873. The van der Waals surface area contributed by atoms with E-state index in [-0.39, 0.29) is 11.0 Å². The number of aromatic amines is 1. The number of anilines is 1. The summed E-state index contributed by atoms with van der Waals surface area (Å²) in [7, 11) is 0. The highest BCUT2D eigenvalue weighted by molar-refractivity contribution is 7.10. The molecule has 0 aliphatic carbocycles. The van der Waals surface area contributed by atoms with Crippen molar-refractivity contribution >= 4 is 17.2 Å². The van der Waals surface area contributed by atoms with Gasteiger partial charge in [-0.25, -0.2) is 4.98 Å². The number of aromatic nitrogens is 2. The Morgan fingerprint density at radius 3 is 3.00 bits per heavy atom. The van der Waals surface area contributed by atoms with Crippen molar-refractivity contribution in [2.24, 2.45) is 0 Å². The van der Waals surface area contributed by atoms with Crippen molar-refractivity contribution in [1.29, 1.82) is 0 Å². The average Bonchev–Trinajstić information content (AvgIpc) is 2.82. The van der Waals surface area contributed by atoms with Crippen molar-refractivity contribution in [1.82, 2.24) is 9.97 Å². The van der Waals surface area contributed by atoms with Crippen molar-refractivity contribution < 1.29 is 0 Å². The summed E-state index contributed by atoms with van der Waals surface area (Å²) in [6.07, 6.45) is 3.10. The lowest BCUT2D eigenvalue weighted by atomic mass is 9.91. The zero-order valence-electron chi connectivity index (χ0n) is 9.86. The molecule has 0 atom stereocenters. The molecule has 0 radical (unpaired) electrons. The third-order valence-corrected chi connectivity index (χ3v) is 3.83. The predicted molar refractivity (Wildman–Crippen MR) is 70.7 cm³/mol. The van der Waals surface area contributed by atoms with Gasteiger partial charge in [-0.3, -0.25) is 4.79 Å². The van der Waals surface area contributed by atoms with E-state index in [4.69, 9.17) is 0 Å². The van der Waals surface area contributed by atoms with E-state index in [1.807, 2.05) is 6.07 Å². The first kappa shape index (κ1) is 11.9. The first-order valence-electron chi connectivity index (χ1n) is 5.41. The fourth-order valence-electron chi connectivity index (χ4n) is 1.53. The topological polar surface area (TPSA) is 57.8 Å². The maximum Gasteiger partial charge on any atom is 0.290 e. The van der Waals surface area contributed by atoms with Gasteiger partial charge in [0.25, 0.3) is 5.56 Å². The highest BCUT2D eigenvalue weighted by Gasteiger charge is 2.21. The molecule has 0 amide bonds. The van der Waals surface area contributed by atoms with Crippen molar-refractivity contribution in [3.05, 3.63) is 45.1 Å². The molecule has 0 bridgehead atoms. The highest BCUT2D eigenvalue weighted by Crippen LogP contribution is 2.27. The van der Waals surface area contributed by atoms with Gasteiger partial charge in [-0.05, 0) is 11.4 Å². The molecule has 2 aromatic heterocycles. The standard InChI is InChI=1S/C12H15N3OS/c1-12(2,9-4-3-7-17-9)8-15-10-11(16)14-6-5-13-10/h3-7H,8H2,1-2H3,(H,13,15)(H,14,16). The van der Waals surface area contributed by atoms with E-state index in [0.29, 0.717) is 12.4 Å². The van der Waals surface area contributed by atoms with Crippen LogP contribution in [0.4, 0.5) is 5.82 Å². The lowest BCUT2D eigenvalue weighted by Crippen LogP contribution is -2.29. The Kier molecular flexibility index (Phi) is 3.28. The first-order chi connectivity index (χ1) is 8.09. The van der Waals surface area contributed by atoms with Crippen molar-refractivity contribution in [2.75, 3.05) is 11.9 Å². The van der Waals surface area contributed by atoms with Crippen LogP contribution in [0.1, 0.15) is 18.7 Å². The maximum atomic E-state index is 11.4. The van der Waals surface area contributed by atoms with E-state index in [0.717, 1.165) is 0 Å². The molecule has 0 aliphatic heterocycles. The van der Waals surface area contributed by atoms with Gasteiger partial charge in [-0.1, -0.05) is 19.9 Å². The SMILES string of the molecule is CC(C)(CNc1ncc[nH]c1=O)c1cccs1. The third-order valence-electron chi connectivity index (χ3n) is 2.59. The Labute approximate surface area is 104 Å². The normalized spacial score (nSPS) is 11.4. The van der Waals surface area contributed by atoms with E-state index in [9.17, 15) is 4.79 Å². The minimum atomic E-state index is -0.186. The second-order valence-corrected chi connectivity index (χ2v) is 5.43. The summed E-state index contributed by atoms with van der Waals surface area (Å²) in [6.45, 7) is 4.96. The lowest BCUT2D eigenvalue weighted by molar-refractivity contribution is 0.568. The molecule has 2 N–H and O–H groups in total. The van der Waals surface area contributed by atoms with Crippen LogP contribution in [0, 0.1) is 0 Å². The van der Waals surface area contributed by atoms with Crippen LogP contribution in [0.5, 0.6) is 0 Å². The number of hydrogen-bond donors (Lipinski definition) is 2. The van der Waals surface area contributed by atoms with E-state index in [1.54, 1.807) is 17.5 Å². The van der Waals surface area contributed by atoms with E-state index >= 15 is 0 Å². The van der Waals surface area contributed by atoms with Gasteiger partial charge in [0.2, 0.25) is 0 Å². The maximum absolute atomic E-state index is 11.4. The van der Waals surface area contributed by atoms with Crippen molar-refractivity contribution in [3.8, 4) is 0 Å². The molecule has 0 saturated carbocycles. The molecular formula is C12H15N3OS. The summed E-state index contributed by atoms with van der Waals surface area (Å²) in [6, 6.07) is 4.14.